The zero-order valence-corrected chi connectivity index (χ0v) is 16.0. The maximum Gasteiger partial charge on any atom is 0.291 e. The van der Waals surface area contributed by atoms with Crippen LogP contribution in [0.15, 0.2) is 69.0 Å². The molecular formula is C17H10Cl3NO4S. The Kier molecular flexibility index (Phi) is 5.29. The van der Waals surface area contributed by atoms with Crippen molar-refractivity contribution in [2.24, 2.45) is 0 Å². The van der Waals surface area contributed by atoms with E-state index in [0.717, 1.165) is 0 Å². The molecule has 0 saturated heterocycles. The van der Waals surface area contributed by atoms with E-state index < -0.39 is 15.7 Å². The van der Waals surface area contributed by atoms with Gasteiger partial charge in [0, 0.05) is 5.02 Å². The zero-order valence-electron chi connectivity index (χ0n) is 12.9. The molecule has 0 unspecified atom stereocenters. The van der Waals surface area contributed by atoms with Gasteiger partial charge < -0.3 is 9.73 Å². The molecule has 0 aliphatic carbocycles. The molecule has 0 bridgehead atoms. The summed E-state index contributed by atoms with van der Waals surface area (Å²) in [5.41, 5.74) is 0.280. The number of benzene rings is 2. The molecule has 3 aromatic rings. The van der Waals surface area contributed by atoms with Gasteiger partial charge in [-0.15, -0.1) is 0 Å². The number of amides is 1. The lowest BCUT2D eigenvalue weighted by Gasteiger charge is -2.06. The highest BCUT2D eigenvalue weighted by molar-refractivity contribution is 7.91. The van der Waals surface area contributed by atoms with Crippen LogP contribution in [-0.2, 0) is 9.84 Å². The molecule has 9 heteroatoms. The first-order chi connectivity index (χ1) is 12.3. The standard InChI is InChI=1S/C17H10Cl3NO4S/c18-10-4-6-11(7-5-10)26(23,24)15-9-8-14(25-15)17(22)21-13-3-1-2-12(19)16(13)20/h1-9H,(H,21,22). The summed E-state index contributed by atoms with van der Waals surface area (Å²) in [6.45, 7) is 0. The van der Waals surface area contributed by atoms with E-state index in [1.54, 1.807) is 18.2 Å². The molecule has 1 heterocycles. The zero-order chi connectivity index (χ0) is 18.9. The van der Waals surface area contributed by atoms with Crippen molar-refractivity contribution in [1.29, 1.82) is 0 Å². The molecule has 0 aliphatic heterocycles. The number of rotatable bonds is 4. The number of carbonyl (C=O) groups excluding carboxylic acids is 1. The number of carbonyl (C=O) groups is 1. The second kappa shape index (κ2) is 7.32. The molecule has 0 fully saturated rings. The SMILES string of the molecule is O=C(Nc1cccc(Cl)c1Cl)c1ccc(S(=O)(=O)c2ccc(Cl)cc2)o1. The summed E-state index contributed by atoms with van der Waals surface area (Å²) in [5.74, 6) is -0.847. The lowest BCUT2D eigenvalue weighted by Crippen LogP contribution is -2.11. The lowest BCUT2D eigenvalue weighted by molar-refractivity contribution is 0.0991. The fraction of sp³-hybridized carbons (Fsp3) is 0. The number of hydrogen-bond donors (Lipinski definition) is 1. The van der Waals surface area contributed by atoms with Gasteiger partial charge in [-0.3, -0.25) is 4.79 Å². The fourth-order valence-electron chi connectivity index (χ4n) is 2.10. The van der Waals surface area contributed by atoms with Crippen LogP contribution in [0.3, 0.4) is 0 Å². The molecule has 1 N–H and O–H groups in total. The quantitative estimate of drug-likeness (QED) is 0.607. The number of hydrogen-bond acceptors (Lipinski definition) is 4. The van der Waals surface area contributed by atoms with Crippen LogP contribution in [0.2, 0.25) is 15.1 Å². The highest BCUT2D eigenvalue weighted by atomic mass is 35.5. The topological polar surface area (TPSA) is 76.4 Å². The van der Waals surface area contributed by atoms with Gasteiger partial charge in [0.15, 0.2) is 5.76 Å². The molecule has 0 radical (unpaired) electrons. The van der Waals surface area contributed by atoms with Gasteiger partial charge in [0.1, 0.15) is 0 Å². The highest BCUT2D eigenvalue weighted by Crippen LogP contribution is 2.30. The van der Waals surface area contributed by atoms with Gasteiger partial charge in [-0.2, -0.15) is 0 Å². The molecule has 2 aromatic carbocycles. The molecule has 1 amide bonds. The summed E-state index contributed by atoms with van der Waals surface area (Å²) >= 11 is 17.7. The highest BCUT2D eigenvalue weighted by Gasteiger charge is 2.24. The smallest absolute Gasteiger partial charge is 0.291 e. The summed E-state index contributed by atoms with van der Waals surface area (Å²) in [6, 6.07) is 12.8. The van der Waals surface area contributed by atoms with E-state index in [2.05, 4.69) is 5.32 Å². The predicted octanol–water partition coefficient (Wildman–Crippen LogP) is 5.32. The molecule has 3 rings (SSSR count). The normalized spacial score (nSPS) is 11.3. The number of halogens is 3. The van der Waals surface area contributed by atoms with Crippen molar-refractivity contribution in [2.75, 3.05) is 5.32 Å². The van der Waals surface area contributed by atoms with Gasteiger partial charge in [-0.05, 0) is 48.5 Å². The van der Waals surface area contributed by atoms with Gasteiger partial charge in [-0.25, -0.2) is 8.42 Å². The van der Waals surface area contributed by atoms with Crippen LogP contribution < -0.4 is 5.32 Å². The van der Waals surface area contributed by atoms with Crippen molar-refractivity contribution < 1.29 is 17.6 Å². The van der Waals surface area contributed by atoms with Gasteiger partial charge in [0.25, 0.3) is 5.91 Å². The fourth-order valence-corrected chi connectivity index (χ4v) is 3.75. The predicted molar refractivity (Wildman–Crippen MR) is 100 cm³/mol. The molecule has 0 atom stereocenters. The molecule has 0 spiro atoms. The van der Waals surface area contributed by atoms with Crippen LogP contribution in [0.4, 0.5) is 5.69 Å². The summed E-state index contributed by atoms with van der Waals surface area (Å²) in [7, 11) is -3.91. The summed E-state index contributed by atoms with van der Waals surface area (Å²) in [5, 5.41) is 3.01. The molecule has 1 aromatic heterocycles. The van der Waals surface area contributed by atoms with Crippen LogP contribution >= 0.6 is 34.8 Å². The Balaban J connectivity index is 1.86. The third-order valence-electron chi connectivity index (χ3n) is 3.39. The van der Waals surface area contributed by atoms with E-state index in [4.69, 9.17) is 39.2 Å². The third-order valence-corrected chi connectivity index (χ3v) is 6.11. The minimum Gasteiger partial charge on any atom is -0.439 e. The van der Waals surface area contributed by atoms with Crippen LogP contribution in [0.1, 0.15) is 10.6 Å². The van der Waals surface area contributed by atoms with Crippen molar-refractivity contribution in [1.82, 2.24) is 0 Å². The minimum atomic E-state index is -3.91. The molecule has 5 nitrogen and oxygen atoms in total. The Hall–Kier alpha value is -1.99. The first-order valence-electron chi connectivity index (χ1n) is 7.15. The molecule has 0 aliphatic rings. The summed E-state index contributed by atoms with van der Waals surface area (Å²) < 4.78 is 30.3. The average Bonchev–Trinajstić information content (AvgIpc) is 3.10. The Morgan fingerprint density at radius 1 is 0.923 bits per heavy atom. The number of anilines is 1. The second-order valence-electron chi connectivity index (χ2n) is 5.13. The number of sulfone groups is 1. The summed E-state index contributed by atoms with van der Waals surface area (Å²) in [4.78, 5) is 12.3. The molecule has 134 valence electrons. The van der Waals surface area contributed by atoms with Crippen LogP contribution in [0.5, 0.6) is 0 Å². The monoisotopic (exact) mass is 429 g/mol. The average molecular weight is 431 g/mol. The lowest BCUT2D eigenvalue weighted by atomic mass is 10.3. The molecular weight excluding hydrogens is 421 g/mol. The maximum absolute atomic E-state index is 12.5. The van der Waals surface area contributed by atoms with Crippen molar-refractivity contribution in [3.63, 3.8) is 0 Å². The Morgan fingerprint density at radius 2 is 1.62 bits per heavy atom. The van der Waals surface area contributed by atoms with Crippen LogP contribution in [-0.4, -0.2) is 14.3 Å². The van der Waals surface area contributed by atoms with Crippen molar-refractivity contribution in [3.05, 3.63) is 75.4 Å². The van der Waals surface area contributed by atoms with Gasteiger partial charge in [0.2, 0.25) is 14.9 Å². The van der Waals surface area contributed by atoms with Gasteiger partial charge >= 0.3 is 0 Å². The second-order valence-corrected chi connectivity index (χ2v) is 8.23. The van der Waals surface area contributed by atoms with Crippen LogP contribution in [0.25, 0.3) is 0 Å². The third kappa shape index (κ3) is 3.73. The van der Waals surface area contributed by atoms with E-state index >= 15 is 0 Å². The number of furan rings is 1. The maximum atomic E-state index is 12.5. The van der Waals surface area contributed by atoms with E-state index in [0.29, 0.717) is 5.02 Å². The first-order valence-corrected chi connectivity index (χ1v) is 9.76. The first kappa shape index (κ1) is 18.8. The van der Waals surface area contributed by atoms with E-state index in [1.807, 2.05) is 0 Å². The minimum absolute atomic E-state index is 0.00101. The van der Waals surface area contributed by atoms with E-state index in [1.165, 1.54) is 36.4 Å². The summed E-state index contributed by atoms with van der Waals surface area (Å²) in [6.07, 6.45) is 0. The Bertz CT molecular complexity index is 1080. The van der Waals surface area contributed by atoms with Gasteiger partial charge in [0.05, 0.1) is 20.6 Å². The van der Waals surface area contributed by atoms with Crippen LogP contribution in [0, 0.1) is 0 Å². The van der Waals surface area contributed by atoms with Crippen molar-refractivity contribution in [2.45, 2.75) is 9.99 Å². The largest absolute Gasteiger partial charge is 0.439 e. The van der Waals surface area contributed by atoms with Crippen molar-refractivity contribution in [3.8, 4) is 0 Å². The molecule has 26 heavy (non-hydrogen) atoms. The van der Waals surface area contributed by atoms with E-state index in [9.17, 15) is 13.2 Å². The van der Waals surface area contributed by atoms with Crippen molar-refractivity contribution >= 4 is 56.2 Å². The number of nitrogens with one attached hydrogen (secondary N) is 1. The van der Waals surface area contributed by atoms with E-state index in [-0.39, 0.29) is 31.5 Å². The Labute approximate surface area is 164 Å². The van der Waals surface area contributed by atoms with Gasteiger partial charge in [-0.1, -0.05) is 40.9 Å². The Morgan fingerprint density at radius 3 is 2.31 bits per heavy atom. The molecule has 0 saturated carbocycles.